The molecule has 1 aromatic carbocycles. The molecule has 0 saturated carbocycles. The molecule has 6 nitrogen and oxygen atoms in total. The Kier molecular flexibility index (Phi) is 6.99. The molecule has 158 valence electrons. The largest absolute Gasteiger partial charge is 0.349 e. The Bertz CT molecular complexity index is 985. The summed E-state index contributed by atoms with van der Waals surface area (Å²) in [5, 5.41) is 10.6. The van der Waals surface area contributed by atoms with Gasteiger partial charge >= 0.3 is 0 Å². The first kappa shape index (κ1) is 22.1. The Labute approximate surface area is 185 Å². The molecule has 0 unspecified atom stereocenters. The predicted octanol–water partition coefficient (Wildman–Crippen LogP) is 4.85. The number of anilines is 1. The lowest BCUT2D eigenvalue weighted by atomic mass is 10.0. The van der Waals surface area contributed by atoms with E-state index in [1.807, 2.05) is 62.5 Å². The number of rotatable bonds is 8. The van der Waals surface area contributed by atoms with Crippen molar-refractivity contribution >= 4 is 40.4 Å². The number of nitrogens with zero attached hydrogens (tertiary/aromatic N) is 3. The summed E-state index contributed by atoms with van der Waals surface area (Å²) in [6, 6.07) is 10.7. The smallest absolute Gasteiger partial charge is 0.280 e. The molecule has 3 rings (SSSR count). The minimum Gasteiger partial charge on any atom is -0.349 e. The summed E-state index contributed by atoms with van der Waals surface area (Å²) in [5.41, 5.74) is 1.58. The van der Waals surface area contributed by atoms with E-state index in [1.54, 1.807) is 10.3 Å². The number of hydrogen-bond acceptors (Lipinski definition) is 6. The van der Waals surface area contributed by atoms with Gasteiger partial charge in [0.05, 0.1) is 0 Å². The lowest BCUT2D eigenvalue weighted by molar-refractivity contribution is -0.124. The summed E-state index contributed by atoms with van der Waals surface area (Å²) in [6.45, 7) is 8.03. The molecule has 30 heavy (non-hydrogen) atoms. The second kappa shape index (κ2) is 9.49. The van der Waals surface area contributed by atoms with Gasteiger partial charge in [-0.2, -0.15) is 0 Å². The molecule has 0 saturated heterocycles. The number of aromatic nitrogens is 2. The van der Waals surface area contributed by atoms with Crippen molar-refractivity contribution in [3.05, 3.63) is 63.3 Å². The SMILES string of the molecule is CCc1cccc(N(C(=O)c2csnn2)[C@H](C(=O)NC(C)(C)CC)c2cccs2)c1. The van der Waals surface area contributed by atoms with Gasteiger partial charge in [-0.15, -0.1) is 16.4 Å². The van der Waals surface area contributed by atoms with E-state index < -0.39 is 11.6 Å². The topological polar surface area (TPSA) is 75.2 Å². The quantitative estimate of drug-likeness (QED) is 0.541. The van der Waals surface area contributed by atoms with E-state index in [0.717, 1.165) is 34.8 Å². The van der Waals surface area contributed by atoms with E-state index in [4.69, 9.17) is 0 Å². The molecule has 8 heteroatoms. The van der Waals surface area contributed by atoms with Crippen LogP contribution in [0.2, 0.25) is 0 Å². The molecule has 2 aromatic heterocycles. The van der Waals surface area contributed by atoms with Gasteiger partial charge in [-0.1, -0.05) is 36.5 Å². The third-order valence-corrected chi connectivity index (χ3v) is 6.49. The number of carbonyl (C=O) groups is 2. The highest BCUT2D eigenvalue weighted by atomic mass is 32.1. The van der Waals surface area contributed by atoms with E-state index in [1.165, 1.54) is 11.3 Å². The molecule has 3 aromatic rings. The van der Waals surface area contributed by atoms with Gasteiger partial charge in [-0.3, -0.25) is 14.5 Å². The number of aryl methyl sites for hydroxylation is 1. The van der Waals surface area contributed by atoms with Crippen LogP contribution in [0.25, 0.3) is 0 Å². The second-order valence-corrected chi connectivity index (χ2v) is 9.22. The monoisotopic (exact) mass is 442 g/mol. The second-order valence-electron chi connectivity index (χ2n) is 7.63. The fourth-order valence-corrected chi connectivity index (χ4v) is 4.24. The van der Waals surface area contributed by atoms with Crippen LogP contribution in [0.5, 0.6) is 0 Å². The average molecular weight is 443 g/mol. The third kappa shape index (κ3) is 4.94. The van der Waals surface area contributed by atoms with Crippen molar-refractivity contribution in [3.63, 3.8) is 0 Å². The molecule has 0 aliphatic carbocycles. The van der Waals surface area contributed by atoms with Crippen molar-refractivity contribution in [2.24, 2.45) is 0 Å². The minimum absolute atomic E-state index is 0.220. The van der Waals surface area contributed by atoms with Crippen LogP contribution >= 0.6 is 22.9 Å². The van der Waals surface area contributed by atoms with Crippen molar-refractivity contribution in [1.29, 1.82) is 0 Å². The van der Waals surface area contributed by atoms with E-state index in [2.05, 4.69) is 21.8 Å². The van der Waals surface area contributed by atoms with Crippen LogP contribution in [0.1, 0.15) is 61.1 Å². The van der Waals surface area contributed by atoms with Gasteiger partial charge in [0.2, 0.25) is 5.91 Å². The summed E-state index contributed by atoms with van der Waals surface area (Å²) in [7, 11) is 0. The number of thiophene rings is 1. The first-order chi connectivity index (χ1) is 14.4. The Morgan fingerprint density at radius 1 is 1.20 bits per heavy atom. The van der Waals surface area contributed by atoms with Gasteiger partial charge in [-0.05, 0) is 67.4 Å². The Morgan fingerprint density at radius 3 is 2.60 bits per heavy atom. The van der Waals surface area contributed by atoms with E-state index in [9.17, 15) is 9.59 Å². The normalized spacial score (nSPS) is 12.4. The fraction of sp³-hybridized carbons (Fsp3) is 0.364. The number of hydrogen-bond donors (Lipinski definition) is 1. The van der Waals surface area contributed by atoms with Crippen molar-refractivity contribution in [1.82, 2.24) is 14.9 Å². The average Bonchev–Trinajstić information content (AvgIpc) is 3.45. The highest BCUT2D eigenvalue weighted by molar-refractivity contribution is 7.10. The van der Waals surface area contributed by atoms with Crippen molar-refractivity contribution < 1.29 is 9.59 Å². The molecule has 0 fully saturated rings. The molecule has 1 atom stereocenters. The summed E-state index contributed by atoms with van der Waals surface area (Å²) < 4.78 is 3.84. The lowest BCUT2D eigenvalue weighted by Gasteiger charge is -2.33. The summed E-state index contributed by atoms with van der Waals surface area (Å²) in [4.78, 5) is 29.4. The number of carbonyl (C=O) groups excluding carboxylic acids is 2. The van der Waals surface area contributed by atoms with E-state index in [0.29, 0.717) is 5.69 Å². The molecule has 0 radical (unpaired) electrons. The number of amides is 2. The van der Waals surface area contributed by atoms with Gasteiger partial charge in [-0.25, -0.2) is 0 Å². The highest BCUT2D eigenvalue weighted by Crippen LogP contribution is 2.33. The van der Waals surface area contributed by atoms with Crippen molar-refractivity contribution in [2.45, 2.75) is 52.1 Å². The highest BCUT2D eigenvalue weighted by Gasteiger charge is 2.36. The maximum atomic E-state index is 13.5. The van der Waals surface area contributed by atoms with Gasteiger partial charge in [0.1, 0.15) is 0 Å². The minimum atomic E-state index is -0.808. The Hall–Kier alpha value is -2.58. The summed E-state index contributed by atoms with van der Waals surface area (Å²) in [5.74, 6) is -0.567. The maximum Gasteiger partial charge on any atom is 0.280 e. The van der Waals surface area contributed by atoms with Gasteiger partial charge in [0.15, 0.2) is 11.7 Å². The molecule has 0 aliphatic rings. The zero-order valence-electron chi connectivity index (χ0n) is 17.6. The molecule has 2 amide bonds. The van der Waals surface area contributed by atoms with Crippen LogP contribution in [0.3, 0.4) is 0 Å². The van der Waals surface area contributed by atoms with Gasteiger partial charge in [0, 0.05) is 21.5 Å². The zero-order chi connectivity index (χ0) is 21.7. The van der Waals surface area contributed by atoms with Crippen LogP contribution in [0.4, 0.5) is 5.69 Å². The third-order valence-electron chi connectivity index (χ3n) is 5.06. The fourth-order valence-electron chi connectivity index (χ4n) is 3.00. The predicted molar refractivity (Wildman–Crippen MR) is 122 cm³/mol. The standard InChI is InChI=1S/C22H26N4O2S2/c1-5-15-9-7-10-16(13-15)26(21(28)17-14-30-25-24-17)19(18-11-8-12-29-18)20(27)23-22(3,4)6-2/h7-14,19H,5-6H2,1-4H3,(H,23,27)/t19-/m0/s1. The van der Waals surface area contributed by atoms with Crippen LogP contribution in [-0.2, 0) is 11.2 Å². The van der Waals surface area contributed by atoms with E-state index >= 15 is 0 Å². The molecular formula is C22H26N4O2S2. The van der Waals surface area contributed by atoms with Crippen molar-refractivity contribution in [2.75, 3.05) is 4.90 Å². The molecule has 0 spiro atoms. The lowest BCUT2D eigenvalue weighted by Crippen LogP contribution is -2.50. The first-order valence-corrected chi connectivity index (χ1v) is 11.6. The van der Waals surface area contributed by atoms with Crippen LogP contribution < -0.4 is 10.2 Å². The molecule has 0 aliphatic heterocycles. The summed E-state index contributed by atoms with van der Waals surface area (Å²) >= 11 is 2.57. The maximum absolute atomic E-state index is 13.5. The zero-order valence-corrected chi connectivity index (χ0v) is 19.2. The van der Waals surface area contributed by atoms with Crippen LogP contribution in [-0.4, -0.2) is 26.9 Å². The van der Waals surface area contributed by atoms with Crippen LogP contribution in [0, 0.1) is 0 Å². The number of nitrogens with one attached hydrogen (secondary N) is 1. The Balaban J connectivity index is 2.13. The molecule has 1 N–H and O–H groups in total. The summed E-state index contributed by atoms with van der Waals surface area (Å²) in [6.07, 6.45) is 1.60. The number of benzene rings is 1. The van der Waals surface area contributed by atoms with E-state index in [-0.39, 0.29) is 17.5 Å². The van der Waals surface area contributed by atoms with Gasteiger partial charge < -0.3 is 5.32 Å². The Morgan fingerprint density at radius 2 is 2.00 bits per heavy atom. The molecular weight excluding hydrogens is 416 g/mol. The van der Waals surface area contributed by atoms with Crippen molar-refractivity contribution in [3.8, 4) is 0 Å². The molecule has 2 heterocycles. The molecule has 0 bridgehead atoms. The van der Waals surface area contributed by atoms with Gasteiger partial charge in [0.25, 0.3) is 5.91 Å². The van der Waals surface area contributed by atoms with Crippen LogP contribution in [0.15, 0.2) is 47.2 Å². The first-order valence-electron chi connectivity index (χ1n) is 9.91.